The van der Waals surface area contributed by atoms with Gasteiger partial charge in [0.1, 0.15) is 6.10 Å². The first-order valence-corrected chi connectivity index (χ1v) is 6.01. The van der Waals surface area contributed by atoms with Gasteiger partial charge in [0.15, 0.2) is 5.82 Å². The van der Waals surface area contributed by atoms with Gasteiger partial charge in [-0.25, -0.2) is 9.97 Å². The minimum atomic E-state index is -0.865. The highest BCUT2D eigenvalue weighted by Crippen LogP contribution is 2.32. The lowest BCUT2D eigenvalue weighted by Gasteiger charge is -2.21. The van der Waals surface area contributed by atoms with Crippen molar-refractivity contribution in [2.45, 2.75) is 12.0 Å². The molecule has 0 fully saturated rings. The lowest BCUT2D eigenvalue weighted by Crippen LogP contribution is -2.22. The van der Waals surface area contributed by atoms with Crippen molar-refractivity contribution in [3.8, 4) is 0 Å². The van der Waals surface area contributed by atoms with E-state index in [1.54, 1.807) is 24.5 Å². The lowest BCUT2D eigenvalue weighted by atomic mass is 9.93. The molecule has 2 aromatic rings. The summed E-state index contributed by atoms with van der Waals surface area (Å²) in [6.45, 7) is 0.267. The van der Waals surface area contributed by atoms with Gasteiger partial charge in [0, 0.05) is 29.9 Å². The summed E-state index contributed by atoms with van der Waals surface area (Å²) >= 11 is 6.12. The fourth-order valence-corrected chi connectivity index (χ4v) is 2.12. The molecule has 0 saturated carbocycles. The highest BCUT2D eigenvalue weighted by atomic mass is 35.5. The van der Waals surface area contributed by atoms with Crippen molar-refractivity contribution in [2.24, 2.45) is 5.73 Å². The third-order valence-electron chi connectivity index (χ3n) is 2.79. The van der Waals surface area contributed by atoms with Gasteiger partial charge in [-0.1, -0.05) is 29.8 Å². The van der Waals surface area contributed by atoms with Crippen molar-refractivity contribution in [1.82, 2.24) is 9.97 Å². The van der Waals surface area contributed by atoms with Gasteiger partial charge in [-0.2, -0.15) is 0 Å². The standard InChI is InChI=1S/C13H14ClN3O/c14-11-5-2-1-4-9(11)10(8-15)12(18)13-16-6-3-7-17-13/h1-7,10,12,18H,8,15H2. The van der Waals surface area contributed by atoms with Crippen LogP contribution in [0.3, 0.4) is 0 Å². The monoisotopic (exact) mass is 263 g/mol. The second kappa shape index (κ2) is 5.91. The van der Waals surface area contributed by atoms with Crippen LogP contribution < -0.4 is 5.73 Å². The van der Waals surface area contributed by atoms with Crippen molar-refractivity contribution >= 4 is 11.6 Å². The van der Waals surface area contributed by atoms with Crippen molar-refractivity contribution in [2.75, 3.05) is 6.54 Å². The molecule has 0 bridgehead atoms. The Morgan fingerprint density at radius 3 is 2.44 bits per heavy atom. The van der Waals surface area contributed by atoms with Crippen LogP contribution in [0.25, 0.3) is 0 Å². The largest absolute Gasteiger partial charge is 0.384 e. The van der Waals surface area contributed by atoms with Gasteiger partial charge >= 0.3 is 0 Å². The van der Waals surface area contributed by atoms with Gasteiger partial charge in [-0.15, -0.1) is 0 Å². The summed E-state index contributed by atoms with van der Waals surface area (Å²) in [5.74, 6) is 0.0361. The average molecular weight is 264 g/mol. The van der Waals surface area contributed by atoms with E-state index < -0.39 is 6.10 Å². The summed E-state index contributed by atoms with van der Waals surface area (Å²) in [4.78, 5) is 8.09. The quantitative estimate of drug-likeness (QED) is 0.884. The Labute approximate surface area is 110 Å². The highest BCUT2D eigenvalue weighted by Gasteiger charge is 2.25. The Morgan fingerprint density at radius 2 is 1.83 bits per heavy atom. The van der Waals surface area contributed by atoms with E-state index in [0.717, 1.165) is 5.56 Å². The number of nitrogens with zero attached hydrogens (tertiary/aromatic N) is 2. The predicted octanol–water partition coefficient (Wildman–Crippen LogP) is 1.91. The molecule has 0 radical (unpaired) electrons. The maximum atomic E-state index is 10.3. The normalized spacial score (nSPS) is 14.2. The molecule has 0 spiro atoms. The maximum Gasteiger partial charge on any atom is 0.157 e. The molecule has 1 heterocycles. The number of halogens is 1. The number of nitrogens with two attached hydrogens (primary N) is 1. The molecule has 2 rings (SSSR count). The first kappa shape index (κ1) is 13.0. The second-order valence-corrected chi connectivity index (χ2v) is 4.32. The summed E-state index contributed by atoms with van der Waals surface area (Å²) in [6, 6.07) is 9.03. The van der Waals surface area contributed by atoms with E-state index in [1.165, 1.54) is 0 Å². The Hall–Kier alpha value is -1.49. The van der Waals surface area contributed by atoms with Crippen LogP contribution in [0.4, 0.5) is 0 Å². The third kappa shape index (κ3) is 2.67. The van der Waals surface area contributed by atoms with Crippen LogP contribution in [0.15, 0.2) is 42.7 Å². The van der Waals surface area contributed by atoms with Gasteiger partial charge in [0.2, 0.25) is 0 Å². The van der Waals surface area contributed by atoms with Gasteiger partial charge < -0.3 is 10.8 Å². The smallest absolute Gasteiger partial charge is 0.157 e. The van der Waals surface area contributed by atoms with Gasteiger partial charge in [0.05, 0.1) is 0 Å². The van der Waals surface area contributed by atoms with E-state index >= 15 is 0 Å². The fraction of sp³-hybridized carbons (Fsp3) is 0.231. The van der Waals surface area contributed by atoms with Gasteiger partial charge in [-0.3, -0.25) is 0 Å². The molecule has 4 nitrogen and oxygen atoms in total. The molecule has 1 aromatic heterocycles. The Morgan fingerprint density at radius 1 is 1.17 bits per heavy atom. The van der Waals surface area contributed by atoms with Crippen LogP contribution in [0, 0.1) is 0 Å². The third-order valence-corrected chi connectivity index (χ3v) is 3.13. The van der Waals surface area contributed by atoms with E-state index in [9.17, 15) is 5.11 Å². The molecule has 1 aromatic carbocycles. The number of rotatable bonds is 4. The summed E-state index contributed by atoms with van der Waals surface area (Å²) in [6.07, 6.45) is 2.31. The summed E-state index contributed by atoms with van der Waals surface area (Å²) in [7, 11) is 0. The zero-order valence-electron chi connectivity index (χ0n) is 9.70. The number of hydrogen-bond donors (Lipinski definition) is 2. The molecule has 0 amide bonds. The minimum Gasteiger partial charge on any atom is -0.384 e. The number of aromatic nitrogens is 2. The van der Waals surface area contributed by atoms with Crippen molar-refractivity contribution < 1.29 is 5.11 Å². The van der Waals surface area contributed by atoms with Crippen molar-refractivity contribution in [1.29, 1.82) is 0 Å². The molecule has 18 heavy (non-hydrogen) atoms. The molecule has 0 aliphatic heterocycles. The van der Waals surface area contributed by atoms with Crippen molar-refractivity contribution in [3.05, 3.63) is 59.1 Å². The van der Waals surface area contributed by atoms with E-state index in [2.05, 4.69) is 9.97 Å². The zero-order valence-corrected chi connectivity index (χ0v) is 10.5. The van der Waals surface area contributed by atoms with E-state index in [-0.39, 0.29) is 12.5 Å². The van der Waals surface area contributed by atoms with E-state index in [1.807, 2.05) is 18.2 Å². The number of aliphatic hydroxyl groups excluding tert-OH is 1. The molecular formula is C13H14ClN3O. The second-order valence-electron chi connectivity index (χ2n) is 3.92. The Kier molecular flexibility index (Phi) is 4.25. The first-order valence-electron chi connectivity index (χ1n) is 5.63. The number of benzene rings is 1. The van der Waals surface area contributed by atoms with Crippen LogP contribution in [0.5, 0.6) is 0 Å². The van der Waals surface area contributed by atoms with E-state index in [4.69, 9.17) is 17.3 Å². The molecule has 3 N–H and O–H groups in total. The molecule has 2 atom stereocenters. The summed E-state index contributed by atoms with van der Waals surface area (Å²) < 4.78 is 0. The van der Waals surface area contributed by atoms with Gasteiger partial charge in [0.25, 0.3) is 0 Å². The average Bonchev–Trinajstić information content (AvgIpc) is 2.42. The highest BCUT2D eigenvalue weighted by molar-refractivity contribution is 6.31. The molecule has 0 saturated heterocycles. The summed E-state index contributed by atoms with van der Waals surface area (Å²) in [5.41, 5.74) is 6.54. The van der Waals surface area contributed by atoms with Crippen molar-refractivity contribution in [3.63, 3.8) is 0 Å². The van der Waals surface area contributed by atoms with Crippen LogP contribution in [0.1, 0.15) is 23.4 Å². The Balaban J connectivity index is 2.32. The topological polar surface area (TPSA) is 72.0 Å². The molecule has 5 heteroatoms. The van der Waals surface area contributed by atoms with Crippen LogP contribution in [-0.2, 0) is 0 Å². The van der Waals surface area contributed by atoms with Crippen LogP contribution in [0.2, 0.25) is 5.02 Å². The van der Waals surface area contributed by atoms with Crippen LogP contribution >= 0.6 is 11.6 Å². The molecule has 94 valence electrons. The van der Waals surface area contributed by atoms with Gasteiger partial charge in [-0.05, 0) is 17.7 Å². The molecule has 0 aliphatic carbocycles. The zero-order chi connectivity index (χ0) is 13.0. The van der Waals surface area contributed by atoms with Crippen LogP contribution in [-0.4, -0.2) is 21.6 Å². The number of aliphatic hydroxyl groups is 1. The Bertz CT molecular complexity index is 507. The SMILES string of the molecule is NCC(c1ccccc1Cl)C(O)c1ncccn1. The molecule has 0 aliphatic rings. The maximum absolute atomic E-state index is 10.3. The first-order chi connectivity index (χ1) is 8.74. The summed E-state index contributed by atoms with van der Waals surface area (Å²) in [5, 5.41) is 10.9. The predicted molar refractivity (Wildman–Crippen MR) is 70.2 cm³/mol. The lowest BCUT2D eigenvalue weighted by molar-refractivity contribution is 0.138. The minimum absolute atomic E-state index is 0.267. The molecular weight excluding hydrogens is 250 g/mol. The number of hydrogen-bond acceptors (Lipinski definition) is 4. The fourth-order valence-electron chi connectivity index (χ4n) is 1.85. The molecule has 2 unspecified atom stereocenters. The van der Waals surface area contributed by atoms with E-state index in [0.29, 0.717) is 10.8 Å².